The average Bonchev–Trinajstić information content (AvgIpc) is 2.69. The average molecular weight is 193 g/mol. The van der Waals surface area contributed by atoms with Crippen molar-refractivity contribution in [2.24, 2.45) is 0 Å². The Kier molecular flexibility index (Phi) is 2.22. The molecule has 2 heterocycles. The van der Waals surface area contributed by atoms with Gasteiger partial charge >= 0.3 is 0 Å². The largest absolute Gasteiger partial charge is 0.358 e. The first-order chi connectivity index (χ1) is 6.86. The Morgan fingerprint density at radius 2 is 2.43 bits per heavy atom. The van der Waals surface area contributed by atoms with E-state index in [0.29, 0.717) is 12.4 Å². The number of aromatic nitrogens is 4. The number of nitrogens with zero attached hydrogens (tertiary/aromatic N) is 3. The highest BCUT2D eigenvalue weighted by molar-refractivity contribution is 5.29. The first-order valence-corrected chi connectivity index (χ1v) is 3.89. The Morgan fingerprint density at radius 1 is 1.50 bits per heavy atom. The second-order valence-electron chi connectivity index (χ2n) is 2.47. The van der Waals surface area contributed by atoms with Crippen molar-refractivity contribution in [3.05, 3.63) is 35.0 Å². The van der Waals surface area contributed by atoms with Crippen LogP contribution < -0.4 is 10.9 Å². The lowest BCUT2D eigenvalue weighted by Crippen LogP contribution is -2.15. The first kappa shape index (κ1) is 8.42. The minimum absolute atomic E-state index is 0.234. The predicted molar refractivity (Wildman–Crippen MR) is 46.5 cm³/mol. The van der Waals surface area contributed by atoms with E-state index in [2.05, 4.69) is 29.9 Å². The Labute approximate surface area is 78.2 Å². The van der Waals surface area contributed by atoms with Crippen LogP contribution in [0.3, 0.4) is 0 Å². The highest BCUT2D eigenvalue weighted by atomic mass is 16.5. The monoisotopic (exact) mass is 193 g/mol. The lowest BCUT2D eigenvalue weighted by molar-refractivity contribution is 0.411. The quantitative estimate of drug-likeness (QED) is 0.698. The molecule has 72 valence electrons. The van der Waals surface area contributed by atoms with E-state index in [1.54, 1.807) is 0 Å². The fraction of sp³-hybridized carbons (Fsp3) is 0.143. The van der Waals surface area contributed by atoms with Crippen LogP contribution in [0.25, 0.3) is 0 Å². The van der Waals surface area contributed by atoms with Gasteiger partial charge in [-0.25, -0.2) is 4.98 Å². The van der Waals surface area contributed by atoms with Crippen LogP contribution in [-0.2, 0) is 6.54 Å². The summed E-state index contributed by atoms with van der Waals surface area (Å²) in [5, 5.41) is 6.35. The van der Waals surface area contributed by atoms with Crippen molar-refractivity contribution < 1.29 is 4.52 Å². The Hall–Kier alpha value is -2.18. The van der Waals surface area contributed by atoms with Crippen LogP contribution in [0.5, 0.6) is 0 Å². The normalized spacial score (nSPS) is 10.0. The predicted octanol–water partition coefficient (Wildman–Crippen LogP) is -0.235. The molecule has 0 aliphatic heterocycles. The summed E-state index contributed by atoms with van der Waals surface area (Å²) in [5.41, 5.74) is -0.281. The van der Waals surface area contributed by atoms with E-state index in [9.17, 15) is 4.79 Å². The summed E-state index contributed by atoms with van der Waals surface area (Å²) in [7, 11) is 0. The van der Waals surface area contributed by atoms with Gasteiger partial charge in [0, 0.05) is 12.4 Å². The zero-order valence-corrected chi connectivity index (χ0v) is 7.10. The Morgan fingerprint density at radius 3 is 3.14 bits per heavy atom. The van der Waals surface area contributed by atoms with Gasteiger partial charge in [-0.1, -0.05) is 5.16 Å². The van der Waals surface area contributed by atoms with Crippen molar-refractivity contribution >= 4 is 5.82 Å². The summed E-state index contributed by atoms with van der Waals surface area (Å²) in [4.78, 5) is 21.2. The van der Waals surface area contributed by atoms with Crippen LogP contribution in [0.4, 0.5) is 5.82 Å². The van der Waals surface area contributed by atoms with Crippen molar-refractivity contribution in [3.8, 4) is 0 Å². The molecule has 2 N–H and O–H groups in total. The molecule has 0 saturated heterocycles. The van der Waals surface area contributed by atoms with E-state index in [1.807, 2.05) is 0 Å². The molecule has 2 aromatic heterocycles. The van der Waals surface area contributed by atoms with Crippen LogP contribution in [0.2, 0.25) is 0 Å². The molecule has 14 heavy (non-hydrogen) atoms. The molecular formula is C7H7N5O2. The molecule has 0 fully saturated rings. The topological polar surface area (TPSA) is 96.7 Å². The van der Waals surface area contributed by atoms with Crippen LogP contribution in [0, 0.1) is 0 Å². The Bertz CT molecular complexity index is 449. The van der Waals surface area contributed by atoms with E-state index >= 15 is 0 Å². The molecule has 0 amide bonds. The third kappa shape index (κ3) is 1.76. The van der Waals surface area contributed by atoms with Gasteiger partial charge in [0.2, 0.25) is 6.39 Å². The van der Waals surface area contributed by atoms with Gasteiger partial charge in [-0.05, 0) is 0 Å². The van der Waals surface area contributed by atoms with Gasteiger partial charge in [-0.3, -0.25) is 4.79 Å². The molecule has 0 unspecified atom stereocenters. The zero-order chi connectivity index (χ0) is 9.80. The smallest absolute Gasteiger partial charge is 0.290 e. The number of aromatic amines is 1. The van der Waals surface area contributed by atoms with Crippen LogP contribution in [-0.4, -0.2) is 20.1 Å². The van der Waals surface area contributed by atoms with E-state index in [-0.39, 0.29) is 11.4 Å². The van der Waals surface area contributed by atoms with E-state index < -0.39 is 0 Å². The number of anilines is 1. The van der Waals surface area contributed by atoms with Gasteiger partial charge in [-0.15, -0.1) is 0 Å². The minimum atomic E-state index is -0.281. The summed E-state index contributed by atoms with van der Waals surface area (Å²) in [5.74, 6) is 0.701. The lowest BCUT2D eigenvalue weighted by Gasteiger charge is -1.98. The molecule has 0 radical (unpaired) electrons. The van der Waals surface area contributed by atoms with Crippen molar-refractivity contribution in [1.29, 1.82) is 0 Å². The van der Waals surface area contributed by atoms with Crippen LogP contribution in [0.15, 0.2) is 28.1 Å². The standard InChI is InChI=1S/C7H7N5O2/c13-7-6(8-1-2-9-7)10-3-5-11-4-14-12-5/h1-2,4H,3H2,(H,8,10)(H,9,13). The van der Waals surface area contributed by atoms with Crippen LogP contribution >= 0.6 is 0 Å². The molecule has 0 aliphatic carbocycles. The van der Waals surface area contributed by atoms with E-state index in [4.69, 9.17) is 0 Å². The molecule has 0 saturated carbocycles. The van der Waals surface area contributed by atoms with Gasteiger partial charge in [-0.2, -0.15) is 4.98 Å². The third-order valence-corrected chi connectivity index (χ3v) is 1.53. The highest BCUT2D eigenvalue weighted by Gasteiger charge is 2.01. The summed E-state index contributed by atoms with van der Waals surface area (Å²) in [6.45, 7) is 0.302. The number of rotatable bonds is 3. The summed E-state index contributed by atoms with van der Waals surface area (Å²) in [6, 6.07) is 0. The SMILES string of the molecule is O=c1[nH]ccnc1NCc1ncon1. The third-order valence-electron chi connectivity index (χ3n) is 1.53. The Balaban J connectivity index is 2.06. The van der Waals surface area contributed by atoms with E-state index in [0.717, 1.165) is 0 Å². The molecule has 0 spiro atoms. The molecule has 0 aromatic carbocycles. The fourth-order valence-electron chi connectivity index (χ4n) is 0.911. The van der Waals surface area contributed by atoms with Gasteiger partial charge in [0.05, 0.1) is 6.54 Å². The van der Waals surface area contributed by atoms with Crippen molar-refractivity contribution in [2.75, 3.05) is 5.32 Å². The van der Waals surface area contributed by atoms with Crippen molar-refractivity contribution in [2.45, 2.75) is 6.54 Å². The maximum Gasteiger partial charge on any atom is 0.290 e. The summed E-state index contributed by atoms with van der Waals surface area (Å²) >= 11 is 0. The molecule has 7 heteroatoms. The van der Waals surface area contributed by atoms with E-state index in [1.165, 1.54) is 18.8 Å². The zero-order valence-electron chi connectivity index (χ0n) is 7.10. The number of H-pyrrole nitrogens is 1. The molecule has 7 nitrogen and oxygen atoms in total. The number of hydrogen-bond donors (Lipinski definition) is 2. The summed E-state index contributed by atoms with van der Waals surface area (Å²) in [6.07, 6.45) is 4.17. The maximum absolute atomic E-state index is 11.1. The molecule has 2 rings (SSSR count). The van der Waals surface area contributed by atoms with Gasteiger partial charge in [0.25, 0.3) is 5.56 Å². The number of nitrogens with one attached hydrogen (secondary N) is 2. The van der Waals surface area contributed by atoms with Gasteiger partial charge in [0.1, 0.15) is 0 Å². The molecule has 2 aromatic rings. The molecule has 0 aliphatic rings. The van der Waals surface area contributed by atoms with Gasteiger partial charge in [0.15, 0.2) is 11.6 Å². The second kappa shape index (κ2) is 3.69. The minimum Gasteiger partial charge on any atom is -0.358 e. The molecule has 0 atom stereocenters. The van der Waals surface area contributed by atoms with Crippen molar-refractivity contribution in [1.82, 2.24) is 20.1 Å². The van der Waals surface area contributed by atoms with Crippen LogP contribution in [0.1, 0.15) is 5.82 Å². The highest BCUT2D eigenvalue weighted by Crippen LogP contribution is 1.94. The first-order valence-electron chi connectivity index (χ1n) is 3.89. The van der Waals surface area contributed by atoms with Gasteiger partial charge < -0.3 is 14.8 Å². The maximum atomic E-state index is 11.1. The van der Waals surface area contributed by atoms with Crippen molar-refractivity contribution in [3.63, 3.8) is 0 Å². The summed E-state index contributed by atoms with van der Waals surface area (Å²) < 4.78 is 4.53. The number of hydrogen-bond acceptors (Lipinski definition) is 6. The molecule has 0 bridgehead atoms. The lowest BCUT2D eigenvalue weighted by atomic mass is 10.5. The fourth-order valence-corrected chi connectivity index (χ4v) is 0.911. The molecular weight excluding hydrogens is 186 g/mol. The second-order valence-corrected chi connectivity index (χ2v) is 2.47.